The molecule has 4 heterocycles. The number of halogens is 1. The molecule has 0 spiro atoms. The third-order valence-corrected chi connectivity index (χ3v) is 7.92. The summed E-state index contributed by atoms with van der Waals surface area (Å²) in [5, 5.41) is 20.7. The molecule has 3 aromatic rings. The van der Waals surface area contributed by atoms with Crippen molar-refractivity contribution >= 4 is 58.2 Å². The number of fused-ring (bicyclic) bond motifs is 1. The van der Waals surface area contributed by atoms with Gasteiger partial charge in [0, 0.05) is 50.9 Å². The molecule has 3 atom stereocenters. The first kappa shape index (κ1) is 30.7. The van der Waals surface area contributed by atoms with Crippen LogP contribution in [0, 0.1) is 5.41 Å². The van der Waals surface area contributed by atoms with Gasteiger partial charge < -0.3 is 36.3 Å². The van der Waals surface area contributed by atoms with E-state index in [0.717, 1.165) is 0 Å². The second-order valence-electron chi connectivity index (χ2n) is 9.89. The highest BCUT2D eigenvalue weighted by atomic mass is 35.5. The highest BCUT2D eigenvalue weighted by Crippen LogP contribution is 2.35. The molecule has 3 aromatic heterocycles. The molecule has 1 saturated heterocycles. The number of guanidine groups is 1. The van der Waals surface area contributed by atoms with Crippen molar-refractivity contribution in [2.24, 2.45) is 5.73 Å². The first-order valence-corrected chi connectivity index (χ1v) is 14.6. The van der Waals surface area contributed by atoms with Gasteiger partial charge >= 0.3 is 0 Å². The van der Waals surface area contributed by atoms with Crippen LogP contribution in [-0.2, 0) is 9.59 Å². The number of rotatable bonds is 11. The third-order valence-electron chi connectivity index (χ3n) is 6.75. The molecule has 16 heteroatoms. The molecule has 0 aliphatic carbocycles. The van der Waals surface area contributed by atoms with E-state index in [2.05, 4.69) is 31.2 Å². The number of imidazole rings is 1. The van der Waals surface area contributed by atoms with Crippen LogP contribution in [0.25, 0.3) is 5.65 Å². The van der Waals surface area contributed by atoms with Crippen LogP contribution < -0.4 is 27.0 Å². The maximum absolute atomic E-state index is 13.6. The Hall–Kier alpha value is -4.24. The van der Waals surface area contributed by atoms with Crippen LogP contribution in [0.2, 0.25) is 5.02 Å². The largest absolute Gasteiger partial charge is 0.370 e. The van der Waals surface area contributed by atoms with Gasteiger partial charge in [0.05, 0.1) is 11.1 Å². The Morgan fingerprint density at radius 1 is 1.19 bits per heavy atom. The minimum atomic E-state index is -0.776. The highest BCUT2D eigenvalue weighted by molar-refractivity contribution is 7.09. The number of unbranched alkanes of at least 4 members (excludes halogenated alkanes) is 1. The Balaban J connectivity index is 1.49. The van der Waals surface area contributed by atoms with Gasteiger partial charge in [-0.25, -0.2) is 9.97 Å². The van der Waals surface area contributed by atoms with Crippen LogP contribution in [0.3, 0.4) is 0 Å². The monoisotopic (exact) mass is 616 g/mol. The second kappa shape index (κ2) is 13.6. The Bertz CT molecular complexity index is 1490. The van der Waals surface area contributed by atoms with Crippen LogP contribution in [0.4, 0.5) is 0 Å². The Morgan fingerprint density at radius 2 is 1.98 bits per heavy atom. The highest BCUT2D eigenvalue weighted by Gasteiger charge is 2.39. The van der Waals surface area contributed by atoms with Gasteiger partial charge in [0.1, 0.15) is 28.1 Å². The van der Waals surface area contributed by atoms with Gasteiger partial charge in [0.15, 0.2) is 5.96 Å². The van der Waals surface area contributed by atoms with E-state index >= 15 is 0 Å². The van der Waals surface area contributed by atoms with Gasteiger partial charge in [-0.15, -0.1) is 11.3 Å². The molecule has 4 rings (SSSR count). The molecule has 224 valence electrons. The topological polar surface area (TPSA) is 200 Å². The van der Waals surface area contributed by atoms with E-state index in [0.29, 0.717) is 47.9 Å². The van der Waals surface area contributed by atoms with E-state index in [-0.39, 0.29) is 47.7 Å². The molecule has 4 amide bonds. The Labute approximate surface area is 250 Å². The third kappa shape index (κ3) is 7.53. The smallest absolute Gasteiger partial charge is 0.274 e. The number of amides is 4. The molecule has 1 fully saturated rings. The molecule has 1 unspecified atom stereocenters. The van der Waals surface area contributed by atoms with Gasteiger partial charge in [-0.1, -0.05) is 11.6 Å². The SMILES string of the molecule is CNC(=O)C(CCCCNC(=N)N)NC(=O)c1csc([C@@H]2C[C@@H](NC(C)=O)CN2C(=O)c2cn3cc(Cl)ccc3n2)n1. The van der Waals surface area contributed by atoms with E-state index in [4.69, 9.17) is 22.7 Å². The number of aromatic nitrogens is 3. The molecule has 0 radical (unpaired) electrons. The summed E-state index contributed by atoms with van der Waals surface area (Å²) in [6.45, 7) is 2.15. The summed E-state index contributed by atoms with van der Waals surface area (Å²) in [6, 6.07) is 1.81. The van der Waals surface area contributed by atoms with E-state index in [1.165, 1.54) is 25.3 Å². The summed E-state index contributed by atoms with van der Waals surface area (Å²) >= 11 is 7.30. The van der Waals surface area contributed by atoms with Crippen LogP contribution >= 0.6 is 22.9 Å². The van der Waals surface area contributed by atoms with Crippen molar-refractivity contribution in [3.05, 3.63) is 51.3 Å². The quantitative estimate of drug-likeness (QED) is 0.104. The summed E-state index contributed by atoms with van der Waals surface area (Å²) in [4.78, 5) is 61.5. The van der Waals surface area contributed by atoms with Crippen molar-refractivity contribution < 1.29 is 19.2 Å². The van der Waals surface area contributed by atoms with Gasteiger partial charge in [-0.3, -0.25) is 24.6 Å². The van der Waals surface area contributed by atoms with E-state index in [9.17, 15) is 19.2 Å². The number of nitrogens with one attached hydrogen (secondary N) is 5. The lowest BCUT2D eigenvalue weighted by Gasteiger charge is -2.22. The summed E-state index contributed by atoms with van der Waals surface area (Å²) in [5.74, 6) is -1.53. The predicted molar refractivity (Wildman–Crippen MR) is 157 cm³/mol. The van der Waals surface area contributed by atoms with Gasteiger partial charge in [-0.05, 0) is 37.8 Å². The molecule has 0 aromatic carbocycles. The average molecular weight is 617 g/mol. The fraction of sp³-hybridized carbons (Fsp3) is 0.423. The fourth-order valence-electron chi connectivity index (χ4n) is 4.82. The molecular weight excluding hydrogens is 584 g/mol. The van der Waals surface area contributed by atoms with Crippen molar-refractivity contribution in [1.82, 2.24) is 40.5 Å². The number of thiazole rings is 1. The van der Waals surface area contributed by atoms with Crippen LogP contribution in [0.1, 0.15) is 64.6 Å². The molecule has 42 heavy (non-hydrogen) atoms. The van der Waals surface area contributed by atoms with Crippen LogP contribution in [0.5, 0.6) is 0 Å². The molecule has 14 nitrogen and oxygen atoms in total. The van der Waals surface area contributed by atoms with Crippen molar-refractivity contribution in [2.45, 2.75) is 50.7 Å². The lowest BCUT2D eigenvalue weighted by Crippen LogP contribution is -2.45. The van der Waals surface area contributed by atoms with Crippen LogP contribution in [-0.4, -0.2) is 81.1 Å². The predicted octanol–water partition coefficient (Wildman–Crippen LogP) is 1.03. The number of nitrogens with zero attached hydrogens (tertiary/aromatic N) is 4. The van der Waals surface area contributed by atoms with Gasteiger partial charge in [0.25, 0.3) is 11.8 Å². The summed E-state index contributed by atoms with van der Waals surface area (Å²) in [5.41, 5.74) is 6.18. The zero-order valence-corrected chi connectivity index (χ0v) is 24.7. The first-order chi connectivity index (χ1) is 20.0. The van der Waals surface area contributed by atoms with E-state index in [1.54, 1.807) is 39.2 Å². The number of pyridine rings is 1. The second-order valence-corrected chi connectivity index (χ2v) is 11.2. The van der Waals surface area contributed by atoms with E-state index < -0.39 is 18.0 Å². The van der Waals surface area contributed by atoms with Crippen LogP contribution in [0.15, 0.2) is 29.9 Å². The zero-order valence-electron chi connectivity index (χ0n) is 23.1. The molecule has 0 bridgehead atoms. The minimum absolute atomic E-state index is 0.125. The average Bonchev–Trinajstić information content (AvgIpc) is 3.68. The number of hydrogen-bond acceptors (Lipinski definition) is 8. The fourth-order valence-corrected chi connectivity index (χ4v) is 5.91. The maximum Gasteiger partial charge on any atom is 0.274 e. The minimum Gasteiger partial charge on any atom is -0.370 e. The van der Waals surface area contributed by atoms with Gasteiger partial charge in [-0.2, -0.15) is 0 Å². The number of likely N-dealkylation sites (tertiary alicyclic amines) is 1. The Morgan fingerprint density at radius 3 is 2.69 bits per heavy atom. The lowest BCUT2D eigenvalue weighted by atomic mass is 10.1. The lowest BCUT2D eigenvalue weighted by molar-refractivity contribution is -0.122. The number of carbonyl (C=O) groups is 4. The van der Waals surface area contributed by atoms with Crippen molar-refractivity contribution in [3.63, 3.8) is 0 Å². The van der Waals surface area contributed by atoms with Crippen molar-refractivity contribution in [2.75, 3.05) is 20.1 Å². The molecule has 1 aliphatic rings. The number of hydrogen-bond donors (Lipinski definition) is 6. The normalized spacial score (nSPS) is 17.1. The molecule has 1 aliphatic heterocycles. The zero-order chi connectivity index (χ0) is 30.4. The number of nitrogens with two attached hydrogens (primary N) is 1. The number of carbonyl (C=O) groups excluding carboxylic acids is 4. The molecule has 7 N–H and O–H groups in total. The van der Waals surface area contributed by atoms with E-state index in [1.807, 2.05) is 0 Å². The standard InChI is InChI=1S/C26H33ClN10O4S/c1-14(38)32-16-9-20(37(11-16)25(41)18-12-36-10-15(27)6-7-21(36)33-18)24-35-19(13-42-24)23(40)34-17(22(39)30-2)5-3-4-8-31-26(28)29/h6-7,10,12-13,16-17,20H,3-5,8-9,11H2,1-2H3,(H,30,39)(H,32,38)(H,34,40)(H4,28,29,31)/t16-,17?,20+/m1/s1. The summed E-state index contributed by atoms with van der Waals surface area (Å²) in [7, 11) is 1.49. The Kier molecular flexibility index (Phi) is 9.96. The van der Waals surface area contributed by atoms with Crippen molar-refractivity contribution in [3.8, 4) is 0 Å². The molecule has 0 saturated carbocycles. The van der Waals surface area contributed by atoms with Crippen molar-refractivity contribution in [1.29, 1.82) is 5.41 Å². The summed E-state index contributed by atoms with van der Waals surface area (Å²) < 4.78 is 1.67. The first-order valence-electron chi connectivity index (χ1n) is 13.3. The van der Waals surface area contributed by atoms with Gasteiger partial charge in [0.2, 0.25) is 11.8 Å². The number of likely N-dealkylation sites (N-methyl/N-ethyl adjacent to an activating group) is 1. The summed E-state index contributed by atoms with van der Waals surface area (Å²) in [6.07, 6.45) is 5.32. The molecular formula is C26H33ClN10O4S. The maximum atomic E-state index is 13.6.